The van der Waals surface area contributed by atoms with Crippen LogP contribution in [0.25, 0.3) is 0 Å². The summed E-state index contributed by atoms with van der Waals surface area (Å²) in [6.07, 6.45) is -4.70. The van der Waals surface area contributed by atoms with Crippen molar-refractivity contribution in [2.24, 2.45) is 0 Å². The highest BCUT2D eigenvalue weighted by Gasteiger charge is 2.41. The molecule has 0 radical (unpaired) electrons. The van der Waals surface area contributed by atoms with Gasteiger partial charge in [0.15, 0.2) is 0 Å². The molecule has 1 fully saturated rings. The Morgan fingerprint density at radius 2 is 1.67 bits per heavy atom. The molecule has 1 rings (SSSR count). The number of aliphatic hydroxyl groups is 4. The second-order valence-electron chi connectivity index (χ2n) is 2.72. The first-order chi connectivity index (χ1) is 5.57. The molecule has 0 aromatic heterocycles. The molecule has 72 valence electrons. The fourth-order valence-electron chi connectivity index (χ4n) is 1.08. The Labute approximate surface area is 75.0 Å². The molecule has 0 aromatic carbocycles. The molecular weight excluding hydrogens is 184 g/mol. The zero-order valence-corrected chi connectivity index (χ0v) is 7.13. The van der Waals surface area contributed by atoms with Crippen LogP contribution >= 0.6 is 12.6 Å². The van der Waals surface area contributed by atoms with Gasteiger partial charge in [0.25, 0.3) is 0 Å². The van der Waals surface area contributed by atoms with Gasteiger partial charge in [0.1, 0.15) is 29.9 Å². The minimum Gasteiger partial charge on any atom is -0.394 e. The molecule has 0 aliphatic carbocycles. The molecule has 0 amide bonds. The van der Waals surface area contributed by atoms with Crippen LogP contribution in [0.2, 0.25) is 0 Å². The molecule has 0 bridgehead atoms. The van der Waals surface area contributed by atoms with Crippen molar-refractivity contribution >= 4 is 12.6 Å². The van der Waals surface area contributed by atoms with E-state index in [1.165, 1.54) is 0 Å². The number of aliphatic hydroxyl groups excluding tert-OH is 4. The van der Waals surface area contributed by atoms with Gasteiger partial charge in [0.05, 0.1) is 6.61 Å². The van der Waals surface area contributed by atoms with Crippen molar-refractivity contribution in [1.82, 2.24) is 0 Å². The van der Waals surface area contributed by atoms with E-state index < -0.39 is 36.5 Å². The van der Waals surface area contributed by atoms with Crippen molar-refractivity contribution in [2.45, 2.75) is 29.9 Å². The molecule has 0 unspecified atom stereocenters. The molecule has 1 aliphatic rings. The number of hydrogen-bond acceptors (Lipinski definition) is 6. The first-order valence-corrected chi connectivity index (χ1v) is 4.08. The third-order valence-corrected chi connectivity index (χ3v) is 2.29. The first kappa shape index (κ1) is 10.2. The minimum absolute atomic E-state index is 0.415. The van der Waals surface area contributed by atoms with Crippen molar-refractivity contribution in [3.8, 4) is 0 Å². The van der Waals surface area contributed by atoms with Gasteiger partial charge in [0, 0.05) is 0 Å². The largest absolute Gasteiger partial charge is 0.394 e. The van der Waals surface area contributed by atoms with Gasteiger partial charge < -0.3 is 25.2 Å². The van der Waals surface area contributed by atoms with E-state index in [1.54, 1.807) is 0 Å². The molecule has 5 nitrogen and oxygen atoms in total. The van der Waals surface area contributed by atoms with Crippen molar-refractivity contribution in [2.75, 3.05) is 6.61 Å². The maximum atomic E-state index is 9.20. The highest BCUT2D eigenvalue weighted by atomic mass is 32.1. The summed E-state index contributed by atoms with van der Waals surface area (Å²) in [5.74, 6) is 0. The third kappa shape index (κ3) is 1.73. The Morgan fingerprint density at radius 1 is 1.08 bits per heavy atom. The van der Waals surface area contributed by atoms with E-state index in [1.807, 2.05) is 0 Å². The van der Waals surface area contributed by atoms with Gasteiger partial charge in [-0.15, -0.1) is 12.6 Å². The zero-order chi connectivity index (χ0) is 9.30. The molecule has 0 saturated carbocycles. The molecule has 0 spiro atoms. The van der Waals surface area contributed by atoms with Crippen molar-refractivity contribution < 1.29 is 25.2 Å². The summed E-state index contributed by atoms with van der Waals surface area (Å²) in [5, 5.41) is 36.2. The lowest BCUT2D eigenvalue weighted by molar-refractivity contribution is -0.205. The molecule has 6 heteroatoms. The second-order valence-corrected chi connectivity index (χ2v) is 3.23. The van der Waals surface area contributed by atoms with Gasteiger partial charge in [-0.1, -0.05) is 0 Å². The van der Waals surface area contributed by atoms with Crippen LogP contribution in [0.5, 0.6) is 0 Å². The van der Waals surface area contributed by atoms with E-state index in [4.69, 9.17) is 14.9 Å². The van der Waals surface area contributed by atoms with E-state index in [-0.39, 0.29) is 0 Å². The smallest absolute Gasteiger partial charge is 0.129 e. The van der Waals surface area contributed by atoms with E-state index >= 15 is 0 Å². The van der Waals surface area contributed by atoms with Gasteiger partial charge in [-0.05, 0) is 0 Å². The highest BCUT2D eigenvalue weighted by Crippen LogP contribution is 2.22. The van der Waals surface area contributed by atoms with Crippen LogP contribution in [-0.2, 0) is 4.74 Å². The van der Waals surface area contributed by atoms with Gasteiger partial charge in [-0.2, -0.15) is 0 Å². The van der Waals surface area contributed by atoms with Crippen LogP contribution in [0.1, 0.15) is 0 Å². The van der Waals surface area contributed by atoms with Crippen LogP contribution in [0.3, 0.4) is 0 Å². The minimum atomic E-state index is -1.32. The quantitative estimate of drug-likeness (QED) is 0.305. The molecule has 1 saturated heterocycles. The predicted molar refractivity (Wildman–Crippen MR) is 42.8 cm³/mol. The molecule has 0 aromatic rings. The van der Waals surface area contributed by atoms with Gasteiger partial charge in [-0.25, -0.2) is 0 Å². The Hall–Kier alpha value is 0.150. The molecule has 1 aliphatic heterocycles. The normalized spacial score (nSPS) is 49.2. The van der Waals surface area contributed by atoms with Crippen LogP contribution in [-0.4, -0.2) is 56.9 Å². The standard InChI is InChI=1S/C6H12O5S/c7-1-2-3(8)4(9)5(10)6(12)11-2/h2-10,12H,1H2/t2-,3-,4+,5+,6+/m0/s1. The van der Waals surface area contributed by atoms with Crippen LogP contribution in [0.15, 0.2) is 0 Å². The monoisotopic (exact) mass is 196 g/mol. The number of hydrogen-bond donors (Lipinski definition) is 5. The summed E-state index contributed by atoms with van der Waals surface area (Å²) < 4.78 is 4.88. The summed E-state index contributed by atoms with van der Waals surface area (Å²) in [6, 6.07) is 0. The Bertz CT molecular complexity index is 150. The van der Waals surface area contributed by atoms with Gasteiger partial charge in [0.2, 0.25) is 0 Å². The van der Waals surface area contributed by atoms with Crippen LogP contribution < -0.4 is 0 Å². The molecular formula is C6H12O5S. The second kappa shape index (κ2) is 3.91. The summed E-state index contributed by atoms with van der Waals surface area (Å²) in [6.45, 7) is -0.415. The lowest BCUT2D eigenvalue weighted by Gasteiger charge is -2.37. The zero-order valence-electron chi connectivity index (χ0n) is 6.24. The van der Waals surface area contributed by atoms with E-state index in [0.717, 1.165) is 0 Å². The SMILES string of the molecule is OC[C@@H]1O[C@H](S)[C@H](O)[C@H](O)[C@H]1O. The molecule has 5 atom stereocenters. The number of thiol groups is 1. The first-order valence-electron chi connectivity index (χ1n) is 3.56. The fraction of sp³-hybridized carbons (Fsp3) is 1.00. The Kier molecular flexibility index (Phi) is 3.33. The molecule has 1 heterocycles. The van der Waals surface area contributed by atoms with E-state index in [0.29, 0.717) is 0 Å². The molecule has 12 heavy (non-hydrogen) atoms. The van der Waals surface area contributed by atoms with Gasteiger partial charge >= 0.3 is 0 Å². The van der Waals surface area contributed by atoms with Crippen LogP contribution in [0, 0.1) is 0 Å². The maximum Gasteiger partial charge on any atom is 0.129 e. The summed E-state index contributed by atoms with van der Waals surface area (Å²) in [5.41, 5.74) is -0.874. The topological polar surface area (TPSA) is 90.2 Å². The van der Waals surface area contributed by atoms with Gasteiger partial charge in [-0.3, -0.25) is 0 Å². The Balaban J connectivity index is 2.63. The fourth-order valence-corrected chi connectivity index (χ4v) is 1.41. The van der Waals surface area contributed by atoms with E-state index in [9.17, 15) is 10.2 Å². The Morgan fingerprint density at radius 3 is 2.17 bits per heavy atom. The van der Waals surface area contributed by atoms with Crippen molar-refractivity contribution in [3.05, 3.63) is 0 Å². The van der Waals surface area contributed by atoms with Crippen LogP contribution in [0.4, 0.5) is 0 Å². The van der Waals surface area contributed by atoms with E-state index in [2.05, 4.69) is 12.6 Å². The third-order valence-electron chi connectivity index (χ3n) is 1.87. The average molecular weight is 196 g/mol. The van der Waals surface area contributed by atoms with Crippen molar-refractivity contribution in [3.63, 3.8) is 0 Å². The molecule has 4 N–H and O–H groups in total. The maximum absolute atomic E-state index is 9.20. The summed E-state index contributed by atoms with van der Waals surface area (Å²) >= 11 is 3.81. The number of ether oxygens (including phenoxy) is 1. The summed E-state index contributed by atoms with van der Waals surface area (Å²) in [4.78, 5) is 0. The van der Waals surface area contributed by atoms with Crippen molar-refractivity contribution in [1.29, 1.82) is 0 Å². The lowest BCUT2D eigenvalue weighted by Crippen LogP contribution is -2.56. The predicted octanol–water partition coefficient (Wildman–Crippen LogP) is -2.28. The highest BCUT2D eigenvalue weighted by molar-refractivity contribution is 7.80. The summed E-state index contributed by atoms with van der Waals surface area (Å²) in [7, 11) is 0. The number of rotatable bonds is 1. The lowest BCUT2D eigenvalue weighted by atomic mass is 10.0. The average Bonchev–Trinajstić information content (AvgIpc) is 2.08.